The van der Waals surface area contributed by atoms with Crippen LogP contribution in [0.5, 0.6) is 0 Å². The van der Waals surface area contributed by atoms with Gasteiger partial charge < -0.3 is 4.74 Å². The number of hydrogen-bond acceptors (Lipinski definition) is 4. The summed E-state index contributed by atoms with van der Waals surface area (Å²) in [6, 6.07) is 1.40. The van der Waals surface area contributed by atoms with Gasteiger partial charge in [0.2, 0.25) is 0 Å². The summed E-state index contributed by atoms with van der Waals surface area (Å²) in [7, 11) is 1.21. The van der Waals surface area contributed by atoms with Gasteiger partial charge in [0.25, 0.3) is 5.69 Å². The normalized spacial score (nSPS) is 10.0. The number of nitro benzene ring substituents is 1. The van der Waals surface area contributed by atoms with Crippen LogP contribution in [0.3, 0.4) is 0 Å². The number of nitro groups is 1. The van der Waals surface area contributed by atoms with E-state index in [0.29, 0.717) is 5.56 Å². The smallest absolute Gasteiger partial charge is 0.345 e. The van der Waals surface area contributed by atoms with E-state index in [-0.39, 0.29) is 11.3 Å². The minimum absolute atomic E-state index is 0.0376. The Hall–Kier alpha value is -1.91. The Morgan fingerprint density at radius 1 is 1.31 bits per heavy atom. The summed E-state index contributed by atoms with van der Waals surface area (Å²) in [6.45, 7) is 5.28. The summed E-state index contributed by atoms with van der Waals surface area (Å²) in [4.78, 5) is 21.8. The van der Waals surface area contributed by atoms with Crippen LogP contribution in [-0.2, 0) is 4.74 Å². The topological polar surface area (TPSA) is 69.4 Å². The van der Waals surface area contributed by atoms with E-state index in [1.165, 1.54) is 13.2 Å². The third-order valence-corrected chi connectivity index (χ3v) is 2.72. The summed E-state index contributed by atoms with van der Waals surface area (Å²) >= 11 is 0. The molecule has 1 aromatic rings. The number of carbonyl (C=O) groups excluding carboxylic acids is 1. The maximum Gasteiger partial charge on any atom is 0.345 e. The number of hydrogen-bond donors (Lipinski definition) is 0. The molecule has 5 nitrogen and oxygen atoms in total. The van der Waals surface area contributed by atoms with Crippen molar-refractivity contribution in [1.82, 2.24) is 0 Å². The average molecular weight is 223 g/mol. The van der Waals surface area contributed by atoms with Crippen molar-refractivity contribution < 1.29 is 14.5 Å². The predicted molar refractivity (Wildman–Crippen MR) is 58.6 cm³/mol. The standard InChI is InChI=1S/C11H13NO4/c1-6-5-9(12(14)15)10(11(13)16-4)8(3)7(6)2/h5H,1-4H3. The Bertz CT molecular complexity index is 466. The minimum Gasteiger partial charge on any atom is -0.465 e. The minimum atomic E-state index is -0.674. The molecular formula is C11H13NO4. The third-order valence-electron chi connectivity index (χ3n) is 2.72. The summed E-state index contributed by atoms with van der Waals surface area (Å²) < 4.78 is 4.56. The van der Waals surface area contributed by atoms with Crippen molar-refractivity contribution in [2.45, 2.75) is 20.8 Å². The Kier molecular flexibility index (Phi) is 3.27. The molecule has 1 rings (SSSR count). The second-order valence-corrected chi connectivity index (χ2v) is 3.59. The molecular weight excluding hydrogens is 210 g/mol. The maximum absolute atomic E-state index is 11.5. The van der Waals surface area contributed by atoms with E-state index in [1.54, 1.807) is 13.8 Å². The van der Waals surface area contributed by atoms with Gasteiger partial charge in [-0.15, -0.1) is 0 Å². The fourth-order valence-corrected chi connectivity index (χ4v) is 1.56. The van der Waals surface area contributed by atoms with Crippen molar-refractivity contribution in [3.05, 3.63) is 38.4 Å². The van der Waals surface area contributed by atoms with Crippen molar-refractivity contribution in [3.8, 4) is 0 Å². The number of nitrogens with zero attached hydrogens (tertiary/aromatic N) is 1. The van der Waals surface area contributed by atoms with Gasteiger partial charge in [0.1, 0.15) is 5.56 Å². The Balaban J connectivity index is 3.60. The lowest BCUT2D eigenvalue weighted by molar-refractivity contribution is -0.385. The van der Waals surface area contributed by atoms with Crippen LogP contribution in [0.1, 0.15) is 27.0 Å². The monoisotopic (exact) mass is 223 g/mol. The lowest BCUT2D eigenvalue weighted by Crippen LogP contribution is -2.10. The van der Waals surface area contributed by atoms with E-state index in [2.05, 4.69) is 4.74 Å². The number of methoxy groups -OCH3 is 1. The molecule has 0 fully saturated rings. The highest BCUT2D eigenvalue weighted by Crippen LogP contribution is 2.28. The van der Waals surface area contributed by atoms with Crippen LogP contribution in [0.25, 0.3) is 0 Å². The molecule has 0 aromatic heterocycles. The Labute approximate surface area is 93.2 Å². The van der Waals surface area contributed by atoms with Crippen LogP contribution in [0.4, 0.5) is 5.69 Å². The fourth-order valence-electron chi connectivity index (χ4n) is 1.56. The zero-order chi connectivity index (χ0) is 12.5. The quantitative estimate of drug-likeness (QED) is 0.438. The summed E-state index contributed by atoms with van der Waals surface area (Å²) in [6.07, 6.45) is 0. The second-order valence-electron chi connectivity index (χ2n) is 3.59. The van der Waals surface area contributed by atoms with E-state index < -0.39 is 10.9 Å². The molecule has 16 heavy (non-hydrogen) atoms. The van der Waals surface area contributed by atoms with E-state index in [4.69, 9.17) is 0 Å². The van der Waals surface area contributed by atoms with Crippen LogP contribution < -0.4 is 0 Å². The highest BCUT2D eigenvalue weighted by Gasteiger charge is 2.25. The second kappa shape index (κ2) is 4.30. The first kappa shape index (κ1) is 12.2. The zero-order valence-corrected chi connectivity index (χ0v) is 9.66. The number of esters is 1. The molecule has 0 unspecified atom stereocenters. The molecule has 0 aliphatic heterocycles. The van der Waals surface area contributed by atoms with Gasteiger partial charge in [-0.1, -0.05) is 0 Å². The molecule has 0 amide bonds. The molecule has 0 N–H and O–H groups in total. The number of rotatable bonds is 2. The zero-order valence-electron chi connectivity index (χ0n) is 9.66. The first-order chi connectivity index (χ1) is 7.40. The molecule has 0 saturated heterocycles. The maximum atomic E-state index is 11.5. The summed E-state index contributed by atoms with van der Waals surface area (Å²) in [5.41, 5.74) is 2.09. The van der Waals surface area contributed by atoms with Crippen molar-refractivity contribution >= 4 is 11.7 Å². The van der Waals surface area contributed by atoms with Gasteiger partial charge >= 0.3 is 5.97 Å². The van der Waals surface area contributed by atoms with Gasteiger partial charge in [-0.25, -0.2) is 4.79 Å². The van der Waals surface area contributed by atoms with Crippen molar-refractivity contribution in [3.63, 3.8) is 0 Å². The van der Waals surface area contributed by atoms with E-state index in [0.717, 1.165) is 11.1 Å². The number of carbonyl (C=O) groups is 1. The molecule has 0 heterocycles. The number of ether oxygens (including phenoxy) is 1. The molecule has 0 aliphatic rings. The molecule has 0 aliphatic carbocycles. The van der Waals surface area contributed by atoms with E-state index in [1.807, 2.05) is 6.92 Å². The van der Waals surface area contributed by atoms with Gasteiger partial charge in [-0.05, 0) is 37.5 Å². The largest absolute Gasteiger partial charge is 0.465 e. The lowest BCUT2D eigenvalue weighted by Gasteiger charge is -2.10. The van der Waals surface area contributed by atoms with Crippen molar-refractivity contribution in [2.75, 3.05) is 7.11 Å². The van der Waals surface area contributed by atoms with Crippen LogP contribution in [0.2, 0.25) is 0 Å². The molecule has 0 radical (unpaired) electrons. The third kappa shape index (κ3) is 1.88. The molecule has 1 aromatic carbocycles. The summed E-state index contributed by atoms with van der Waals surface area (Å²) in [5, 5.41) is 10.9. The molecule has 0 atom stereocenters. The van der Waals surface area contributed by atoms with Crippen molar-refractivity contribution in [1.29, 1.82) is 0 Å². The van der Waals surface area contributed by atoms with E-state index in [9.17, 15) is 14.9 Å². The lowest BCUT2D eigenvalue weighted by atomic mass is 9.97. The first-order valence-corrected chi connectivity index (χ1v) is 4.73. The molecule has 86 valence electrons. The molecule has 5 heteroatoms. The Morgan fingerprint density at radius 2 is 1.88 bits per heavy atom. The summed E-state index contributed by atoms with van der Waals surface area (Å²) in [5.74, 6) is -0.674. The van der Waals surface area contributed by atoms with Crippen LogP contribution >= 0.6 is 0 Å². The van der Waals surface area contributed by atoms with Crippen LogP contribution in [0, 0.1) is 30.9 Å². The molecule has 0 spiro atoms. The van der Waals surface area contributed by atoms with Crippen LogP contribution in [-0.4, -0.2) is 18.0 Å². The fraction of sp³-hybridized carbons (Fsp3) is 0.364. The Morgan fingerprint density at radius 3 is 2.31 bits per heavy atom. The molecule has 0 saturated carbocycles. The predicted octanol–water partition coefficient (Wildman–Crippen LogP) is 2.31. The van der Waals surface area contributed by atoms with E-state index >= 15 is 0 Å². The van der Waals surface area contributed by atoms with Crippen molar-refractivity contribution in [2.24, 2.45) is 0 Å². The highest BCUT2D eigenvalue weighted by atomic mass is 16.6. The van der Waals surface area contributed by atoms with Gasteiger partial charge in [0.15, 0.2) is 0 Å². The van der Waals surface area contributed by atoms with Gasteiger partial charge in [0, 0.05) is 6.07 Å². The average Bonchev–Trinajstić information content (AvgIpc) is 2.24. The molecule has 0 bridgehead atoms. The SMILES string of the molecule is COC(=O)c1c([N+](=O)[O-])cc(C)c(C)c1C. The van der Waals surface area contributed by atoms with Gasteiger partial charge in [-0.2, -0.15) is 0 Å². The number of aryl methyl sites for hydroxylation is 1. The number of benzene rings is 1. The van der Waals surface area contributed by atoms with Crippen LogP contribution in [0.15, 0.2) is 6.07 Å². The van der Waals surface area contributed by atoms with Gasteiger partial charge in [0.05, 0.1) is 12.0 Å². The van der Waals surface area contributed by atoms with Gasteiger partial charge in [-0.3, -0.25) is 10.1 Å². The highest BCUT2D eigenvalue weighted by molar-refractivity contribution is 5.96. The first-order valence-electron chi connectivity index (χ1n) is 4.73.